The lowest BCUT2D eigenvalue weighted by Crippen LogP contribution is -2.38. The van der Waals surface area contributed by atoms with Gasteiger partial charge in [0.25, 0.3) is 0 Å². The third-order valence-electron chi connectivity index (χ3n) is 4.59. The van der Waals surface area contributed by atoms with Gasteiger partial charge in [0.2, 0.25) is 0 Å². The molecule has 0 aliphatic carbocycles. The van der Waals surface area contributed by atoms with E-state index in [4.69, 9.17) is 9.47 Å². The SMILES string of the molecule is CN=C(NCc1cccc(OC)c1OC)N(C)Cc1ncc(-c2ccccc2)[nH]1. The lowest BCUT2D eigenvalue weighted by atomic mass is 10.2. The van der Waals surface area contributed by atoms with E-state index in [0.29, 0.717) is 18.8 Å². The van der Waals surface area contributed by atoms with Gasteiger partial charge >= 0.3 is 0 Å². The number of imidazole rings is 1. The van der Waals surface area contributed by atoms with Crippen LogP contribution in [0.4, 0.5) is 0 Å². The van der Waals surface area contributed by atoms with E-state index in [0.717, 1.165) is 34.4 Å². The van der Waals surface area contributed by atoms with Crippen LogP contribution < -0.4 is 14.8 Å². The van der Waals surface area contributed by atoms with Crippen molar-refractivity contribution < 1.29 is 9.47 Å². The van der Waals surface area contributed by atoms with Crippen LogP contribution in [0.25, 0.3) is 11.3 Å². The summed E-state index contributed by atoms with van der Waals surface area (Å²) in [5, 5.41) is 3.37. The summed E-state index contributed by atoms with van der Waals surface area (Å²) in [6.45, 7) is 1.16. The van der Waals surface area contributed by atoms with E-state index in [9.17, 15) is 0 Å². The number of aromatic nitrogens is 2. The van der Waals surface area contributed by atoms with Crippen LogP contribution in [0.3, 0.4) is 0 Å². The average molecular weight is 393 g/mol. The topological polar surface area (TPSA) is 74.8 Å². The minimum Gasteiger partial charge on any atom is -0.493 e. The molecule has 0 saturated carbocycles. The van der Waals surface area contributed by atoms with Crippen molar-refractivity contribution >= 4 is 5.96 Å². The van der Waals surface area contributed by atoms with Crippen LogP contribution in [-0.2, 0) is 13.1 Å². The Morgan fingerprint density at radius 3 is 2.59 bits per heavy atom. The van der Waals surface area contributed by atoms with Gasteiger partial charge in [-0.3, -0.25) is 4.99 Å². The first-order valence-electron chi connectivity index (χ1n) is 9.37. The second-order valence-electron chi connectivity index (χ2n) is 6.52. The molecule has 29 heavy (non-hydrogen) atoms. The van der Waals surface area contributed by atoms with Crippen LogP contribution in [0.15, 0.2) is 59.7 Å². The number of hydrogen-bond donors (Lipinski definition) is 2. The number of rotatable bonds is 7. The number of aliphatic imine (C=N–C) groups is 1. The van der Waals surface area contributed by atoms with E-state index in [1.807, 2.05) is 54.5 Å². The Morgan fingerprint density at radius 1 is 1.10 bits per heavy atom. The van der Waals surface area contributed by atoms with Crippen molar-refractivity contribution in [1.82, 2.24) is 20.2 Å². The Kier molecular flexibility index (Phi) is 6.73. The first kappa shape index (κ1) is 20.3. The van der Waals surface area contributed by atoms with E-state index in [-0.39, 0.29) is 0 Å². The fourth-order valence-electron chi connectivity index (χ4n) is 3.16. The number of aromatic amines is 1. The summed E-state index contributed by atoms with van der Waals surface area (Å²) in [5.41, 5.74) is 3.10. The Bertz CT molecular complexity index is 953. The fraction of sp³-hybridized carbons (Fsp3) is 0.273. The van der Waals surface area contributed by atoms with Crippen LogP contribution in [0, 0.1) is 0 Å². The Hall–Kier alpha value is -3.48. The van der Waals surface area contributed by atoms with Gasteiger partial charge < -0.3 is 24.7 Å². The number of nitrogens with zero attached hydrogens (tertiary/aromatic N) is 3. The van der Waals surface area contributed by atoms with Gasteiger partial charge in [0.15, 0.2) is 17.5 Å². The maximum Gasteiger partial charge on any atom is 0.194 e. The van der Waals surface area contributed by atoms with E-state index < -0.39 is 0 Å². The number of ether oxygens (including phenoxy) is 2. The van der Waals surface area contributed by atoms with Gasteiger partial charge in [-0.1, -0.05) is 42.5 Å². The van der Waals surface area contributed by atoms with Crippen LogP contribution in [0.5, 0.6) is 11.5 Å². The number of para-hydroxylation sites is 1. The highest BCUT2D eigenvalue weighted by Crippen LogP contribution is 2.30. The van der Waals surface area contributed by atoms with Crippen molar-refractivity contribution in [3.63, 3.8) is 0 Å². The molecular formula is C22H27N5O2. The number of methoxy groups -OCH3 is 2. The number of H-pyrrole nitrogens is 1. The molecule has 1 heterocycles. The number of benzene rings is 2. The first-order valence-corrected chi connectivity index (χ1v) is 9.37. The first-order chi connectivity index (χ1) is 14.2. The minimum atomic E-state index is 0.560. The molecule has 0 saturated heterocycles. The maximum absolute atomic E-state index is 5.50. The Morgan fingerprint density at radius 2 is 1.90 bits per heavy atom. The summed E-state index contributed by atoms with van der Waals surface area (Å²) < 4.78 is 10.9. The summed E-state index contributed by atoms with van der Waals surface area (Å²) >= 11 is 0. The fourth-order valence-corrected chi connectivity index (χ4v) is 3.16. The number of hydrogen-bond acceptors (Lipinski definition) is 4. The minimum absolute atomic E-state index is 0.560. The number of nitrogens with one attached hydrogen (secondary N) is 2. The predicted octanol–water partition coefficient (Wildman–Crippen LogP) is 3.30. The van der Waals surface area contributed by atoms with Crippen molar-refractivity contribution in [2.24, 2.45) is 4.99 Å². The molecule has 3 aromatic rings. The maximum atomic E-state index is 5.50. The molecule has 2 N–H and O–H groups in total. The largest absolute Gasteiger partial charge is 0.493 e. The molecule has 7 heteroatoms. The molecule has 7 nitrogen and oxygen atoms in total. The van der Waals surface area contributed by atoms with Crippen LogP contribution >= 0.6 is 0 Å². The molecule has 0 amide bonds. The molecule has 0 radical (unpaired) electrons. The summed E-state index contributed by atoms with van der Waals surface area (Å²) in [6.07, 6.45) is 1.86. The van der Waals surface area contributed by atoms with E-state index in [1.54, 1.807) is 21.3 Å². The van der Waals surface area contributed by atoms with E-state index >= 15 is 0 Å². The molecule has 0 unspecified atom stereocenters. The van der Waals surface area contributed by atoms with E-state index in [2.05, 4.69) is 32.4 Å². The zero-order valence-corrected chi connectivity index (χ0v) is 17.3. The molecule has 0 fully saturated rings. The van der Waals surface area contributed by atoms with Crippen molar-refractivity contribution in [3.05, 3.63) is 66.1 Å². The van der Waals surface area contributed by atoms with Crippen molar-refractivity contribution in [2.75, 3.05) is 28.3 Å². The lowest BCUT2D eigenvalue weighted by Gasteiger charge is -2.22. The molecule has 0 aliphatic heterocycles. The molecule has 1 aromatic heterocycles. The highest BCUT2D eigenvalue weighted by molar-refractivity contribution is 5.79. The Balaban J connectivity index is 1.65. The van der Waals surface area contributed by atoms with Gasteiger partial charge in [0, 0.05) is 26.2 Å². The normalized spacial score (nSPS) is 11.2. The van der Waals surface area contributed by atoms with Crippen molar-refractivity contribution in [1.29, 1.82) is 0 Å². The predicted molar refractivity (Wildman–Crippen MR) is 115 cm³/mol. The monoisotopic (exact) mass is 393 g/mol. The molecule has 152 valence electrons. The molecule has 0 aliphatic rings. The third kappa shape index (κ3) is 4.87. The third-order valence-corrected chi connectivity index (χ3v) is 4.59. The van der Waals surface area contributed by atoms with Crippen molar-refractivity contribution in [3.8, 4) is 22.8 Å². The Labute approximate surface area is 171 Å². The van der Waals surface area contributed by atoms with Crippen LogP contribution in [-0.4, -0.2) is 49.1 Å². The summed E-state index contributed by atoms with van der Waals surface area (Å²) in [7, 11) is 7.01. The quantitative estimate of drug-likeness (QED) is 0.476. The number of guanidine groups is 1. The summed E-state index contributed by atoms with van der Waals surface area (Å²) in [4.78, 5) is 14.3. The highest BCUT2D eigenvalue weighted by atomic mass is 16.5. The van der Waals surface area contributed by atoms with Crippen LogP contribution in [0.1, 0.15) is 11.4 Å². The van der Waals surface area contributed by atoms with Gasteiger partial charge in [-0.05, 0) is 11.6 Å². The summed E-state index contributed by atoms with van der Waals surface area (Å²) in [6, 6.07) is 16.0. The zero-order chi connectivity index (χ0) is 20.6. The molecule has 0 spiro atoms. The summed E-state index contributed by atoms with van der Waals surface area (Å²) in [5.74, 6) is 3.05. The molecule has 2 aromatic carbocycles. The van der Waals surface area contributed by atoms with E-state index in [1.165, 1.54) is 0 Å². The molecule has 0 atom stereocenters. The van der Waals surface area contributed by atoms with Gasteiger partial charge in [0.1, 0.15) is 5.82 Å². The van der Waals surface area contributed by atoms with Gasteiger partial charge in [-0.25, -0.2) is 4.98 Å². The van der Waals surface area contributed by atoms with Gasteiger partial charge in [-0.15, -0.1) is 0 Å². The van der Waals surface area contributed by atoms with Crippen LogP contribution in [0.2, 0.25) is 0 Å². The molecule has 0 bridgehead atoms. The zero-order valence-electron chi connectivity index (χ0n) is 17.3. The smallest absolute Gasteiger partial charge is 0.194 e. The molecule has 3 rings (SSSR count). The lowest BCUT2D eigenvalue weighted by molar-refractivity contribution is 0.351. The average Bonchev–Trinajstić information content (AvgIpc) is 3.22. The van der Waals surface area contributed by atoms with Gasteiger partial charge in [-0.2, -0.15) is 0 Å². The van der Waals surface area contributed by atoms with Gasteiger partial charge in [0.05, 0.1) is 32.7 Å². The highest BCUT2D eigenvalue weighted by Gasteiger charge is 2.13. The van der Waals surface area contributed by atoms with Crippen molar-refractivity contribution in [2.45, 2.75) is 13.1 Å². The second kappa shape index (κ2) is 9.64. The standard InChI is InChI=1S/C22H27N5O2/c1-23-22(25-13-17-11-8-12-19(28-3)21(17)29-4)27(2)15-20-24-14-18(26-20)16-9-6-5-7-10-16/h5-12,14H,13,15H2,1-4H3,(H,23,25)(H,24,26). The second-order valence-corrected chi connectivity index (χ2v) is 6.52. The molecular weight excluding hydrogens is 366 g/mol.